The third-order valence-electron chi connectivity index (χ3n) is 7.37. The van der Waals surface area contributed by atoms with E-state index in [0.29, 0.717) is 76.0 Å². The highest BCUT2D eigenvalue weighted by Gasteiger charge is 2.23. The van der Waals surface area contributed by atoms with E-state index in [2.05, 4.69) is 25.6 Å². The number of aromatic nitrogens is 4. The summed E-state index contributed by atoms with van der Waals surface area (Å²) in [6.45, 7) is 6.59. The highest BCUT2D eigenvalue weighted by atomic mass is 35.5. The number of carbonyl (C=O) groups is 2. The maximum Gasteiger partial charge on any atom is 0.280 e. The molecule has 0 radical (unpaired) electrons. The number of halogens is 1. The van der Waals surface area contributed by atoms with E-state index in [1.165, 1.54) is 18.7 Å². The summed E-state index contributed by atoms with van der Waals surface area (Å²) in [4.78, 5) is 48.9. The van der Waals surface area contributed by atoms with Crippen LogP contribution in [0, 0.1) is 0 Å². The number of aromatic amines is 1. The average Bonchev–Trinajstić information content (AvgIpc) is 3.47. The Balaban J connectivity index is 1.31. The Kier molecular flexibility index (Phi) is 21.1. The number of H-pyrrole nitrogens is 1. The van der Waals surface area contributed by atoms with Gasteiger partial charge < -0.3 is 44.8 Å². The number of amides is 2. The first kappa shape index (κ1) is 43.0. The number of hydrogen-bond acceptors (Lipinski definition) is 13. The first-order valence-electron chi connectivity index (χ1n) is 17.3. The molecule has 290 valence electrons. The Labute approximate surface area is 313 Å². The Morgan fingerprint density at radius 1 is 0.885 bits per heavy atom. The summed E-state index contributed by atoms with van der Waals surface area (Å²) in [7, 11) is 1.59. The fourth-order valence-electron chi connectivity index (χ4n) is 4.76. The van der Waals surface area contributed by atoms with Crippen LogP contribution in [-0.4, -0.2) is 129 Å². The number of hydrogen-bond donors (Lipinski definition) is 4. The number of unbranched alkanes of at least 4 members (excludes halogenated alkanes) is 3. The molecule has 52 heavy (non-hydrogen) atoms. The van der Waals surface area contributed by atoms with Gasteiger partial charge >= 0.3 is 0 Å². The summed E-state index contributed by atoms with van der Waals surface area (Å²) in [5.41, 5.74) is 6.67. The molecule has 16 nitrogen and oxygen atoms in total. The van der Waals surface area contributed by atoms with Gasteiger partial charge in [-0.3, -0.25) is 23.9 Å². The van der Waals surface area contributed by atoms with Gasteiger partial charge in [-0.05, 0) is 30.5 Å². The molecular formula is C34H52ClN7O9S. The van der Waals surface area contributed by atoms with Gasteiger partial charge in [0.15, 0.2) is 16.3 Å². The number of nitrogens with two attached hydrogens (primary N) is 1. The molecule has 2 heterocycles. The molecule has 0 aliphatic carbocycles. The number of alkyl halides is 1. The van der Waals surface area contributed by atoms with Crippen molar-refractivity contribution in [2.24, 2.45) is 0 Å². The Hall–Kier alpha value is -3.45. The summed E-state index contributed by atoms with van der Waals surface area (Å²) < 4.78 is 34.6. The molecule has 1 aromatic carbocycles. The summed E-state index contributed by atoms with van der Waals surface area (Å²) in [6.07, 6.45) is 4.38. The quantitative estimate of drug-likeness (QED) is 0.0456. The summed E-state index contributed by atoms with van der Waals surface area (Å²) in [6, 6.07) is 6.54. The SMILES string of the molecule is COc1ccc(Cn2c(SC[C@@H](NC(C)=O)C(=O)NCCOCCOCCOCCOCCOCCCCCCCl)nc3c(=O)[nH]c(N)nc32)cc1. The van der Waals surface area contributed by atoms with Gasteiger partial charge in [-0.15, -0.1) is 11.6 Å². The number of benzene rings is 1. The zero-order valence-electron chi connectivity index (χ0n) is 30.0. The van der Waals surface area contributed by atoms with Crippen molar-refractivity contribution >= 4 is 52.3 Å². The van der Waals surface area contributed by atoms with Crippen molar-refractivity contribution in [3.63, 3.8) is 0 Å². The Morgan fingerprint density at radius 2 is 1.48 bits per heavy atom. The molecule has 2 amide bonds. The molecule has 0 fully saturated rings. The van der Waals surface area contributed by atoms with Crippen LogP contribution >= 0.6 is 23.4 Å². The fraction of sp³-hybridized carbons (Fsp3) is 0.618. The van der Waals surface area contributed by atoms with E-state index in [1.54, 1.807) is 11.7 Å². The predicted octanol–water partition coefficient (Wildman–Crippen LogP) is 2.35. The van der Waals surface area contributed by atoms with Crippen LogP contribution in [0.3, 0.4) is 0 Å². The van der Waals surface area contributed by atoms with Gasteiger partial charge in [0.25, 0.3) is 5.56 Å². The first-order valence-corrected chi connectivity index (χ1v) is 18.9. The lowest BCUT2D eigenvalue weighted by molar-refractivity contribution is -0.127. The van der Waals surface area contributed by atoms with E-state index < -0.39 is 11.6 Å². The lowest BCUT2D eigenvalue weighted by atomic mass is 10.2. The predicted molar refractivity (Wildman–Crippen MR) is 199 cm³/mol. The van der Waals surface area contributed by atoms with Gasteiger partial charge in [-0.25, -0.2) is 4.98 Å². The third kappa shape index (κ3) is 16.5. The molecule has 0 aliphatic rings. The van der Waals surface area contributed by atoms with Gasteiger partial charge in [-0.1, -0.05) is 36.7 Å². The number of ether oxygens (including phenoxy) is 6. The number of anilines is 1. The number of thioether (sulfide) groups is 1. The van der Waals surface area contributed by atoms with Crippen molar-refractivity contribution in [1.29, 1.82) is 0 Å². The van der Waals surface area contributed by atoms with Crippen LogP contribution in [0.25, 0.3) is 11.2 Å². The topological polar surface area (TPSA) is 203 Å². The number of carbonyl (C=O) groups excluding carboxylic acids is 2. The molecule has 5 N–H and O–H groups in total. The number of imidazole rings is 1. The molecule has 0 aliphatic heterocycles. The summed E-state index contributed by atoms with van der Waals surface area (Å²) >= 11 is 6.87. The molecule has 3 aromatic rings. The van der Waals surface area contributed by atoms with Crippen LogP contribution in [0.2, 0.25) is 0 Å². The highest BCUT2D eigenvalue weighted by Crippen LogP contribution is 2.24. The van der Waals surface area contributed by atoms with Crippen LogP contribution in [0.4, 0.5) is 5.95 Å². The zero-order chi connectivity index (χ0) is 37.4. The Morgan fingerprint density at radius 3 is 2.08 bits per heavy atom. The van der Waals surface area contributed by atoms with Crippen LogP contribution < -0.4 is 26.7 Å². The van der Waals surface area contributed by atoms with Gasteiger partial charge in [0.1, 0.15) is 11.8 Å². The minimum atomic E-state index is -0.878. The first-order chi connectivity index (χ1) is 25.3. The maximum absolute atomic E-state index is 13.0. The largest absolute Gasteiger partial charge is 0.497 e. The number of nitrogens with zero attached hydrogens (tertiary/aromatic N) is 3. The number of nitrogen functional groups attached to an aromatic ring is 1. The van der Waals surface area contributed by atoms with Crippen LogP contribution in [0.1, 0.15) is 38.2 Å². The van der Waals surface area contributed by atoms with Gasteiger partial charge in [-0.2, -0.15) is 4.98 Å². The highest BCUT2D eigenvalue weighted by molar-refractivity contribution is 7.99. The van der Waals surface area contributed by atoms with Crippen LogP contribution in [0.15, 0.2) is 34.2 Å². The molecular weight excluding hydrogens is 718 g/mol. The number of rotatable bonds is 29. The maximum atomic E-state index is 13.0. The van der Waals surface area contributed by atoms with Gasteiger partial charge in [0, 0.05) is 31.7 Å². The molecule has 3 rings (SSSR count). The van der Waals surface area contributed by atoms with Crippen molar-refractivity contribution in [2.75, 3.05) is 97.1 Å². The fourth-order valence-corrected chi connectivity index (χ4v) is 5.97. The van der Waals surface area contributed by atoms with Crippen molar-refractivity contribution < 1.29 is 38.0 Å². The van der Waals surface area contributed by atoms with E-state index in [0.717, 1.165) is 43.7 Å². The van der Waals surface area contributed by atoms with E-state index in [9.17, 15) is 14.4 Å². The van der Waals surface area contributed by atoms with Crippen LogP contribution in [0.5, 0.6) is 5.75 Å². The van der Waals surface area contributed by atoms with Gasteiger partial charge in [0.05, 0.1) is 73.1 Å². The van der Waals surface area contributed by atoms with E-state index in [1.807, 2.05) is 24.3 Å². The van der Waals surface area contributed by atoms with Crippen molar-refractivity contribution in [1.82, 2.24) is 30.2 Å². The lowest BCUT2D eigenvalue weighted by Crippen LogP contribution is -2.48. The molecule has 0 spiro atoms. The number of fused-ring (bicyclic) bond motifs is 1. The average molecular weight is 770 g/mol. The second-order valence-electron chi connectivity index (χ2n) is 11.5. The molecule has 0 unspecified atom stereocenters. The molecule has 0 saturated heterocycles. The van der Waals surface area contributed by atoms with Crippen LogP contribution in [-0.2, 0) is 39.8 Å². The second kappa shape index (κ2) is 25.5. The van der Waals surface area contributed by atoms with Crippen molar-refractivity contribution in [3.8, 4) is 5.75 Å². The van der Waals surface area contributed by atoms with Crippen molar-refractivity contribution in [2.45, 2.75) is 50.4 Å². The normalized spacial score (nSPS) is 11.9. The Bertz CT molecular complexity index is 1530. The number of nitrogens with one attached hydrogen (secondary N) is 3. The third-order valence-corrected chi connectivity index (χ3v) is 8.70. The molecule has 0 saturated carbocycles. The smallest absolute Gasteiger partial charge is 0.280 e. The summed E-state index contributed by atoms with van der Waals surface area (Å²) in [5, 5.41) is 5.91. The zero-order valence-corrected chi connectivity index (χ0v) is 31.6. The monoisotopic (exact) mass is 769 g/mol. The molecule has 2 aromatic heterocycles. The summed E-state index contributed by atoms with van der Waals surface area (Å²) in [5.74, 6) is 0.762. The lowest BCUT2D eigenvalue weighted by Gasteiger charge is -2.17. The standard InChI is InChI=1S/C34H52ClN7O9S/c1-25(43)38-28(24-52-34-39-29-30(40-33(36)41-32(29)45)42(34)23-26-7-9-27(46-2)10-8-26)31(44)37-12-14-48-16-18-50-20-22-51-21-19-49-17-15-47-13-6-4-3-5-11-35/h7-10,28H,3-6,11-24H2,1-2H3,(H,37,44)(H,38,43)(H3,36,40,41,45)/t28-/m1/s1. The van der Waals surface area contributed by atoms with E-state index >= 15 is 0 Å². The molecule has 1 atom stereocenters. The molecule has 18 heteroatoms. The second-order valence-corrected chi connectivity index (χ2v) is 12.8. The van der Waals surface area contributed by atoms with Crippen molar-refractivity contribution in [3.05, 3.63) is 40.2 Å². The molecule has 0 bridgehead atoms. The van der Waals surface area contributed by atoms with E-state index in [-0.39, 0.29) is 42.2 Å². The minimum absolute atomic E-state index is 0.0434. The van der Waals surface area contributed by atoms with E-state index in [4.69, 9.17) is 45.8 Å². The van der Waals surface area contributed by atoms with Gasteiger partial charge in [0.2, 0.25) is 17.8 Å². The minimum Gasteiger partial charge on any atom is -0.497 e. The number of methoxy groups -OCH3 is 1.